The summed E-state index contributed by atoms with van der Waals surface area (Å²) in [6.07, 6.45) is 2.99. The Balaban J connectivity index is 2.30. The summed E-state index contributed by atoms with van der Waals surface area (Å²) in [6.45, 7) is 1.02. The highest BCUT2D eigenvalue weighted by molar-refractivity contribution is 9.10. The largest absolute Gasteiger partial charge is 0.369 e. The lowest BCUT2D eigenvalue weighted by Crippen LogP contribution is -2.41. The minimum Gasteiger partial charge on any atom is -0.369 e. The summed E-state index contributed by atoms with van der Waals surface area (Å²) in [7, 11) is 0. The number of carbonyl (C=O) groups excluding carboxylic acids is 1. The van der Waals surface area contributed by atoms with Crippen LogP contribution in [0.25, 0.3) is 0 Å². The van der Waals surface area contributed by atoms with Gasteiger partial charge >= 0.3 is 5.69 Å². The van der Waals surface area contributed by atoms with Crippen LogP contribution in [-0.4, -0.2) is 28.9 Å². The molecule has 2 rings (SSSR count). The van der Waals surface area contributed by atoms with Gasteiger partial charge in [0.1, 0.15) is 0 Å². The summed E-state index contributed by atoms with van der Waals surface area (Å²) in [5.41, 5.74) is 5.23. The van der Waals surface area contributed by atoms with Gasteiger partial charge in [-0.05, 0) is 28.8 Å². The molecule has 1 aliphatic rings. The van der Waals surface area contributed by atoms with E-state index in [1.807, 2.05) is 0 Å². The van der Waals surface area contributed by atoms with E-state index in [-0.39, 0.29) is 17.5 Å². The van der Waals surface area contributed by atoms with Crippen LogP contribution in [-0.2, 0) is 4.79 Å². The van der Waals surface area contributed by atoms with Crippen molar-refractivity contribution in [3.05, 3.63) is 26.9 Å². The normalized spacial score (nSPS) is 19.2. The van der Waals surface area contributed by atoms with Gasteiger partial charge in [0, 0.05) is 29.8 Å². The Kier molecular flexibility index (Phi) is 3.98. The second-order valence-electron chi connectivity index (χ2n) is 4.44. The zero-order valence-electron chi connectivity index (χ0n) is 10.1. The van der Waals surface area contributed by atoms with Gasteiger partial charge in [-0.3, -0.25) is 14.9 Å². The highest BCUT2D eigenvalue weighted by Gasteiger charge is 2.29. The monoisotopic (exact) mass is 328 g/mol. The first kappa shape index (κ1) is 13.7. The summed E-state index contributed by atoms with van der Waals surface area (Å²) < 4.78 is 0.548. The van der Waals surface area contributed by atoms with Crippen molar-refractivity contribution >= 4 is 33.3 Å². The number of nitrogens with zero attached hydrogens (tertiary/aromatic N) is 3. The maximum absolute atomic E-state index is 11.2. The van der Waals surface area contributed by atoms with Gasteiger partial charge in [-0.25, -0.2) is 4.98 Å². The quantitative estimate of drug-likeness (QED) is 0.668. The number of pyridine rings is 1. The van der Waals surface area contributed by atoms with Crippen LogP contribution in [0.15, 0.2) is 16.7 Å². The van der Waals surface area contributed by atoms with Crippen LogP contribution >= 0.6 is 15.9 Å². The molecule has 0 radical (unpaired) electrons. The van der Waals surface area contributed by atoms with Gasteiger partial charge < -0.3 is 10.6 Å². The van der Waals surface area contributed by atoms with E-state index in [4.69, 9.17) is 5.73 Å². The van der Waals surface area contributed by atoms with Crippen LogP contribution in [0.5, 0.6) is 0 Å². The number of amides is 1. The smallest absolute Gasteiger partial charge is 0.312 e. The standard InChI is InChI=1S/C11H13BrN4O3/c12-8-4-9(16(18)19)11(14-5-8)15-3-1-2-7(6-15)10(13)17/h4-5,7H,1-3,6H2,(H2,13,17). The summed E-state index contributed by atoms with van der Waals surface area (Å²) in [6, 6.07) is 1.41. The second-order valence-corrected chi connectivity index (χ2v) is 5.36. The van der Waals surface area contributed by atoms with E-state index in [2.05, 4.69) is 20.9 Å². The number of halogens is 1. The molecular formula is C11H13BrN4O3. The number of aromatic nitrogens is 1. The van der Waals surface area contributed by atoms with Crippen molar-refractivity contribution in [2.45, 2.75) is 12.8 Å². The molecule has 1 aromatic rings. The summed E-state index contributed by atoms with van der Waals surface area (Å²) in [4.78, 5) is 27.7. The Morgan fingerprint density at radius 3 is 3.00 bits per heavy atom. The number of carbonyl (C=O) groups is 1. The number of anilines is 1. The van der Waals surface area contributed by atoms with Crippen LogP contribution in [0.2, 0.25) is 0 Å². The molecule has 0 bridgehead atoms. The number of nitrogens with two attached hydrogens (primary N) is 1. The molecule has 19 heavy (non-hydrogen) atoms. The Morgan fingerprint density at radius 1 is 1.63 bits per heavy atom. The molecule has 2 N–H and O–H groups in total. The first-order valence-corrected chi connectivity index (χ1v) is 6.62. The van der Waals surface area contributed by atoms with Gasteiger partial charge in [-0.2, -0.15) is 0 Å². The molecule has 102 valence electrons. The number of nitro groups is 1. The van der Waals surface area contributed by atoms with E-state index in [1.165, 1.54) is 12.3 Å². The Bertz CT molecular complexity index is 523. The van der Waals surface area contributed by atoms with Crippen LogP contribution in [0.4, 0.5) is 11.5 Å². The van der Waals surface area contributed by atoms with Gasteiger partial charge in [0.25, 0.3) is 0 Å². The number of rotatable bonds is 3. The van der Waals surface area contributed by atoms with E-state index >= 15 is 0 Å². The Hall–Kier alpha value is -1.70. The molecule has 1 atom stereocenters. The molecule has 2 heterocycles. The second kappa shape index (κ2) is 5.52. The van der Waals surface area contributed by atoms with Crippen molar-refractivity contribution in [3.63, 3.8) is 0 Å². The number of piperidine rings is 1. The summed E-state index contributed by atoms with van der Waals surface area (Å²) >= 11 is 3.16. The third-order valence-electron chi connectivity index (χ3n) is 3.13. The van der Waals surface area contributed by atoms with E-state index < -0.39 is 4.92 Å². The van der Waals surface area contributed by atoms with E-state index in [0.717, 1.165) is 12.8 Å². The first-order chi connectivity index (χ1) is 8.99. The highest BCUT2D eigenvalue weighted by atomic mass is 79.9. The molecule has 7 nitrogen and oxygen atoms in total. The van der Waals surface area contributed by atoms with Crippen LogP contribution < -0.4 is 10.6 Å². The third kappa shape index (κ3) is 3.01. The predicted octanol–water partition coefficient (Wildman–Crippen LogP) is 1.45. The maximum atomic E-state index is 11.2. The number of hydrogen-bond acceptors (Lipinski definition) is 5. The molecule has 1 aliphatic heterocycles. The lowest BCUT2D eigenvalue weighted by atomic mass is 9.97. The fourth-order valence-electron chi connectivity index (χ4n) is 2.20. The minimum atomic E-state index is -0.471. The fourth-order valence-corrected chi connectivity index (χ4v) is 2.52. The van der Waals surface area contributed by atoms with Crippen molar-refractivity contribution in [2.24, 2.45) is 11.7 Å². The molecule has 0 aliphatic carbocycles. The van der Waals surface area contributed by atoms with Crippen molar-refractivity contribution < 1.29 is 9.72 Å². The molecular weight excluding hydrogens is 316 g/mol. The predicted molar refractivity (Wildman–Crippen MR) is 72.7 cm³/mol. The highest BCUT2D eigenvalue weighted by Crippen LogP contribution is 2.31. The molecule has 1 saturated heterocycles. The van der Waals surface area contributed by atoms with Gasteiger partial charge in [0.15, 0.2) is 0 Å². The Labute approximate surface area is 118 Å². The van der Waals surface area contributed by atoms with Crippen LogP contribution in [0.1, 0.15) is 12.8 Å². The molecule has 0 spiro atoms. The molecule has 1 fully saturated rings. The van der Waals surface area contributed by atoms with Crippen LogP contribution in [0.3, 0.4) is 0 Å². The average Bonchev–Trinajstić information content (AvgIpc) is 2.38. The van der Waals surface area contributed by atoms with Crippen molar-refractivity contribution in [1.29, 1.82) is 0 Å². The van der Waals surface area contributed by atoms with Crippen molar-refractivity contribution in [1.82, 2.24) is 4.98 Å². The molecule has 0 saturated carbocycles. The van der Waals surface area contributed by atoms with E-state index in [0.29, 0.717) is 23.4 Å². The molecule has 0 aromatic carbocycles. The maximum Gasteiger partial charge on any atom is 0.312 e. The molecule has 8 heteroatoms. The van der Waals surface area contributed by atoms with Gasteiger partial charge in [-0.1, -0.05) is 0 Å². The van der Waals surface area contributed by atoms with E-state index in [9.17, 15) is 14.9 Å². The van der Waals surface area contributed by atoms with Gasteiger partial charge in [-0.15, -0.1) is 0 Å². The third-order valence-corrected chi connectivity index (χ3v) is 3.57. The Morgan fingerprint density at radius 2 is 2.37 bits per heavy atom. The SMILES string of the molecule is NC(=O)C1CCCN(c2ncc(Br)cc2[N+](=O)[O-])C1. The zero-order chi connectivity index (χ0) is 14.0. The lowest BCUT2D eigenvalue weighted by Gasteiger charge is -2.31. The number of hydrogen-bond donors (Lipinski definition) is 1. The molecule has 1 amide bonds. The van der Waals surface area contributed by atoms with E-state index in [1.54, 1.807) is 4.90 Å². The molecule has 1 aromatic heterocycles. The van der Waals surface area contributed by atoms with Gasteiger partial charge in [0.2, 0.25) is 11.7 Å². The number of primary amides is 1. The summed E-state index contributed by atoms with van der Waals surface area (Å²) in [5, 5.41) is 11.1. The van der Waals surface area contributed by atoms with Gasteiger partial charge in [0.05, 0.1) is 10.8 Å². The molecule has 1 unspecified atom stereocenters. The topological polar surface area (TPSA) is 102 Å². The fraction of sp³-hybridized carbons (Fsp3) is 0.455. The zero-order valence-corrected chi connectivity index (χ0v) is 11.7. The summed E-state index contributed by atoms with van der Waals surface area (Å²) in [5.74, 6) is -0.359. The lowest BCUT2D eigenvalue weighted by molar-refractivity contribution is -0.384. The van der Waals surface area contributed by atoms with Crippen LogP contribution in [0, 0.1) is 16.0 Å². The van der Waals surface area contributed by atoms with Crippen molar-refractivity contribution in [3.8, 4) is 0 Å². The average molecular weight is 329 g/mol. The van der Waals surface area contributed by atoms with Crippen molar-refractivity contribution in [2.75, 3.05) is 18.0 Å². The first-order valence-electron chi connectivity index (χ1n) is 5.83. The minimum absolute atomic E-state index is 0.0699.